The Morgan fingerprint density at radius 1 is 1.44 bits per heavy atom. The number of nitrogens with one attached hydrogen (secondary N) is 1. The molecule has 0 bridgehead atoms. The lowest BCUT2D eigenvalue weighted by atomic mass is 10.2. The Balaban J connectivity index is 3.08. The fourth-order valence-electron chi connectivity index (χ4n) is 1.39. The number of aryl methyl sites for hydroxylation is 1. The fourth-order valence-corrected chi connectivity index (χ4v) is 2.94. The van der Waals surface area contributed by atoms with E-state index >= 15 is 0 Å². The molecule has 0 fully saturated rings. The highest BCUT2D eigenvalue weighted by molar-refractivity contribution is 7.89. The van der Waals surface area contributed by atoms with Crippen molar-refractivity contribution >= 4 is 15.7 Å². The lowest BCUT2D eigenvalue weighted by molar-refractivity contribution is 0.555. The molecule has 1 aromatic rings. The summed E-state index contributed by atoms with van der Waals surface area (Å²) in [6.07, 6.45) is 0.757. The number of rotatable bonds is 4. The van der Waals surface area contributed by atoms with E-state index in [2.05, 4.69) is 4.72 Å². The molecule has 1 rings (SSSR count). The van der Waals surface area contributed by atoms with E-state index in [4.69, 9.17) is 5.73 Å². The van der Waals surface area contributed by atoms with Crippen molar-refractivity contribution in [2.24, 2.45) is 0 Å². The van der Waals surface area contributed by atoms with E-state index in [0.29, 0.717) is 16.1 Å². The number of anilines is 1. The van der Waals surface area contributed by atoms with Gasteiger partial charge in [-0.2, -0.15) is 0 Å². The standard InChI is InChI=1S/C11H18N2O2S/c1-4-9(3)13-16(14,15)11-6-5-10(12)7-8(11)2/h5-7,9,13H,4,12H2,1-3H3. The molecule has 0 aliphatic heterocycles. The zero-order valence-corrected chi connectivity index (χ0v) is 10.6. The predicted octanol–water partition coefficient (Wildman–Crippen LogP) is 1.65. The zero-order valence-electron chi connectivity index (χ0n) is 9.82. The summed E-state index contributed by atoms with van der Waals surface area (Å²) in [6, 6.07) is 4.72. The average Bonchev–Trinajstić information content (AvgIpc) is 2.16. The Kier molecular flexibility index (Phi) is 3.93. The van der Waals surface area contributed by atoms with Crippen LogP contribution in [0.15, 0.2) is 23.1 Å². The summed E-state index contributed by atoms with van der Waals surface area (Å²) in [7, 11) is -3.42. The van der Waals surface area contributed by atoms with Gasteiger partial charge < -0.3 is 5.73 Å². The molecule has 1 atom stereocenters. The van der Waals surface area contributed by atoms with Gasteiger partial charge in [0.15, 0.2) is 0 Å². The van der Waals surface area contributed by atoms with Crippen LogP contribution in [0, 0.1) is 6.92 Å². The van der Waals surface area contributed by atoms with Gasteiger partial charge >= 0.3 is 0 Å². The summed E-state index contributed by atoms with van der Waals surface area (Å²) in [5.74, 6) is 0. The van der Waals surface area contributed by atoms with Crippen LogP contribution in [-0.2, 0) is 10.0 Å². The predicted molar refractivity (Wildman–Crippen MR) is 65.7 cm³/mol. The van der Waals surface area contributed by atoms with Gasteiger partial charge in [-0.3, -0.25) is 0 Å². The Morgan fingerprint density at radius 2 is 2.06 bits per heavy atom. The molecule has 0 saturated carbocycles. The summed E-state index contributed by atoms with van der Waals surface area (Å²) < 4.78 is 26.6. The van der Waals surface area contributed by atoms with Crippen molar-refractivity contribution in [3.8, 4) is 0 Å². The molecule has 5 heteroatoms. The van der Waals surface area contributed by atoms with Crippen molar-refractivity contribution < 1.29 is 8.42 Å². The van der Waals surface area contributed by atoms with Crippen LogP contribution in [0.25, 0.3) is 0 Å². The van der Waals surface area contributed by atoms with E-state index in [9.17, 15) is 8.42 Å². The number of sulfonamides is 1. The molecule has 0 spiro atoms. The highest BCUT2D eigenvalue weighted by atomic mass is 32.2. The second-order valence-electron chi connectivity index (χ2n) is 3.96. The molecule has 0 saturated heterocycles. The third-order valence-electron chi connectivity index (χ3n) is 2.46. The van der Waals surface area contributed by atoms with Gasteiger partial charge in [-0.25, -0.2) is 13.1 Å². The molecule has 0 radical (unpaired) electrons. The zero-order chi connectivity index (χ0) is 12.3. The highest BCUT2D eigenvalue weighted by Crippen LogP contribution is 2.18. The molecule has 0 heterocycles. The summed E-state index contributed by atoms with van der Waals surface area (Å²) in [6.45, 7) is 5.51. The Bertz CT molecular complexity index is 469. The Labute approximate surface area is 96.9 Å². The van der Waals surface area contributed by atoms with Crippen molar-refractivity contribution in [2.45, 2.75) is 38.1 Å². The molecule has 0 aliphatic rings. The van der Waals surface area contributed by atoms with Gasteiger partial charge in [0, 0.05) is 11.7 Å². The van der Waals surface area contributed by atoms with Crippen LogP contribution < -0.4 is 10.5 Å². The lowest BCUT2D eigenvalue weighted by Crippen LogP contribution is -2.32. The number of nitrogens with two attached hydrogens (primary N) is 1. The molecule has 4 nitrogen and oxygen atoms in total. The molecule has 0 aromatic heterocycles. The topological polar surface area (TPSA) is 72.2 Å². The summed E-state index contributed by atoms with van der Waals surface area (Å²) in [5.41, 5.74) is 6.82. The van der Waals surface area contributed by atoms with Crippen molar-refractivity contribution in [1.29, 1.82) is 0 Å². The van der Waals surface area contributed by atoms with E-state index in [1.54, 1.807) is 19.1 Å². The third kappa shape index (κ3) is 2.96. The van der Waals surface area contributed by atoms with Gasteiger partial charge in [0.05, 0.1) is 4.90 Å². The van der Waals surface area contributed by atoms with E-state index in [0.717, 1.165) is 6.42 Å². The van der Waals surface area contributed by atoms with E-state index in [1.807, 2.05) is 13.8 Å². The van der Waals surface area contributed by atoms with Gasteiger partial charge in [0.2, 0.25) is 10.0 Å². The maximum Gasteiger partial charge on any atom is 0.241 e. The minimum absolute atomic E-state index is 0.0676. The number of hydrogen-bond donors (Lipinski definition) is 2. The summed E-state index contributed by atoms with van der Waals surface area (Å²) >= 11 is 0. The van der Waals surface area contributed by atoms with Crippen LogP contribution in [0.5, 0.6) is 0 Å². The van der Waals surface area contributed by atoms with Crippen LogP contribution in [0.4, 0.5) is 5.69 Å². The number of benzene rings is 1. The molecular weight excluding hydrogens is 224 g/mol. The first-order chi connectivity index (χ1) is 7.36. The van der Waals surface area contributed by atoms with Crippen LogP contribution in [0.2, 0.25) is 0 Å². The number of hydrogen-bond acceptors (Lipinski definition) is 3. The minimum Gasteiger partial charge on any atom is -0.399 e. The average molecular weight is 242 g/mol. The molecule has 1 unspecified atom stereocenters. The summed E-state index contributed by atoms with van der Waals surface area (Å²) in [5, 5.41) is 0. The Hall–Kier alpha value is -1.07. The first kappa shape index (κ1) is 13.0. The van der Waals surface area contributed by atoms with Gasteiger partial charge in [0.25, 0.3) is 0 Å². The maximum atomic E-state index is 12.0. The minimum atomic E-state index is -3.42. The van der Waals surface area contributed by atoms with Crippen molar-refractivity contribution in [1.82, 2.24) is 4.72 Å². The van der Waals surface area contributed by atoms with Crippen LogP contribution in [0.3, 0.4) is 0 Å². The fraction of sp³-hybridized carbons (Fsp3) is 0.455. The van der Waals surface area contributed by atoms with E-state index < -0.39 is 10.0 Å². The largest absolute Gasteiger partial charge is 0.399 e. The molecule has 3 N–H and O–H groups in total. The monoisotopic (exact) mass is 242 g/mol. The van der Waals surface area contributed by atoms with Crippen LogP contribution >= 0.6 is 0 Å². The third-order valence-corrected chi connectivity index (χ3v) is 4.21. The first-order valence-corrected chi connectivity index (χ1v) is 6.73. The normalized spacial score (nSPS) is 13.7. The Morgan fingerprint density at radius 3 is 2.56 bits per heavy atom. The second-order valence-corrected chi connectivity index (χ2v) is 5.64. The van der Waals surface area contributed by atoms with Crippen LogP contribution in [-0.4, -0.2) is 14.5 Å². The molecular formula is C11H18N2O2S. The maximum absolute atomic E-state index is 12.0. The second kappa shape index (κ2) is 4.84. The lowest BCUT2D eigenvalue weighted by Gasteiger charge is -2.13. The van der Waals surface area contributed by atoms with E-state index in [1.165, 1.54) is 6.07 Å². The van der Waals surface area contributed by atoms with Crippen molar-refractivity contribution in [3.63, 3.8) is 0 Å². The smallest absolute Gasteiger partial charge is 0.241 e. The van der Waals surface area contributed by atoms with E-state index in [-0.39, 0.29) is 6.04 Å². The van der Waals surface area contributed by atoms with Gasteiger partial charge in [0.1, 0.15) is 0 Å². The first-order valence-electron chi connectivity index (χ1n) is 5.25. The van der Waals surface area contributed by atoms with Gasteiger partial charge in [-0.15, -0.1) is 0 Å². The molecule has 0 amide bonds. The molecule has 16 heavy (non-hydrogen) atoms. The van der Waals surface area contributed by atoms with Gasteiger partial charge in [-0.1, -0.05) is 6.92 Å². The molecule has 90 valence electrons. The SMILES string of the molecule is CCC(C)NS(=O)(=O)c1ccc(N)cc1C. The van der Waals surface area contributed by atoms with Gasteiger partial charge in [-0.05, 0) is 44.0 Å². The van der Waals surface area contributed by atoms with Crippen molar-refractivity contribution in [2.75, 3.05) is 5.73 Å². The molecule has 0 aliphatic carbocycles. The highest BCUT2D eigenvalue weighted by Gasteiger charge is 2.18. The number of nitrogen functional groups attached to an aromatic ring is 1. The molecule has 1 aromatic carbocycles. The quantitative estimate of drug-likeness (QED) is 0.789. The summed E-state index contributed by atoms with van der Waals surface area (Å²) in [4.78, 5) is 0.294. The van der Waals surface area contributed by atoms with Crippen molar-refractivity contribution in [3.05, 3.63) is 23.8 Å². The van der Waals surface area contributed by atoms with Crippen LogP contribution in [0.1, 0.15) is 25.8 Å².